The number of nitrogens with zero attached hydrogens (tertiary/aromatic N) is 3. The van der Waals surface area contributed by atoms with Gasteiger partial charge < -0.3 is 4.74 Å². The van der Waals surface area contributed by atoms with Gasteiger partial charge in [0.15, 0.2) is 0 Å². The number of benzene rings is 1. The number of hydrogen-bond donors (Lipinski definition) is 0. The molecule has 2 aliphatic heterocycles. The van der Waals surface area contributed by atoms with Crippen molar-refractivity contribution >= 4 is 31.4 Å². The Labute approximate surface area is 206 Å². The van der Waals surface area contributed by atoms with Gasteiger partial charge in [-0.1, -0.05) is 13.8 Å². The van der Waals surface area contributed by atoms with Crippen molar-refractivity contribution in [1.82, 2.24) is 0 Å². The van der Waals surface area contributed by atoms with Crippen LogP contribution in [-0.4, -0.2) is 62.4 Å². The standard InChI is InChI=1S/C16H19N3O5Se.C8H14O/c1-9-14(23-10(2)20)15(24-11(3)21)13(18-19-17)16(22-9)25-12-7-5-4-6-8-12;1-6-4-5-9-8(3)7(6)2/h4-9,13-16H,1-3H3;4-8H,1-3H3. The van der Waals surface area contributed by atoms with Crippen LogP contribution in [0.15, 0.2) is 47.8 Å². The Morgan fingerprint density at radius 3 is 2.15 bits per heavy atom. The minimum Gasteiger partial charge on any atom is -0.498 e. The first kappa shape index (κ1) is 27.7. The Morgan fingerprint density at radius 2 is 1.62 bits per heavy atom. The molecule has 9 nitrogen and oxygen atoms in total. The molecule has 0 aromatic heterocycles. The Hall–Kier alpha value is -2.51. The predicted molar refractivity (Wildman–Crippen MR) is 128 cm³/mol. The van der Waals surface area contributed by atoms with Gasteiger partial charge in [-0.05, 0) is 24.8 Å². The van der Waals surface area contributed by atoms with Gasteiger partial charge in [0.2, 0.25) is 0 Å². The molecule has 2 heterocycles. The molecule has 8 atom stereocenters. The Bertz CT molecular complexity index is 892. The summed E-state index contributed by atoms with van der Waals surface area (Å²) in [6.45, 7) is 10.8. The summed E-state index contributed by atoms with van der Waals surface area (Å²) >= 11 is -0.187. The first-order chi connectivity index (χ1) is 16.1. The fourth-order valence-electron chi connectivity index (χ4n) is 3.60. The van der Waals surface area contributed by atoms with Gasteiger partial charge in [0, 0.05) is 0 Å². The molecule has 0 amide bonds. The van der Waals surface area contributed by atoms with E-state index in [4.69, 9.17) is 24.5 Å². The van der Waals surface area contributed by atoms with E-state index >= 15 is 0 Å². The third kappa shape index (κ3) is 8.06. The van der Waals surface area contributed by atoms with Crippen molar-refractivity contribution in [3.63, 3.8) is 0 Å². The molecule has 3 rings (SSSR count). The van der Waals surface area contributed by atoms with Gasteiger partial charge in [-0.2, -0.15) is 0 Å². The maximum atomic E-state index is 11.5. The van der Waals surface area contributed by atoms with Gasteiger partial charge in [0.25, 0.3) is 0 Å². The van der Waals surface area contributed by atoms with Crippen LogP contribution in [0.2, 0.25) is 0 Å². The Balaban J connectivity index is 0.000000379. The normalized spacial score (nSPS) is 32.2. The molecule has 0 spiro atoms. The Morgan fingerprint density at radius 1 is 1.00 bits per heavy atom. The molecular weight excluding hydrogens is 505 g/mol. The summed E-state index contributed by atoms with van der Waals surface area (Å²) in [5.41, 5.74) is 8.95. The number of ether oxygens (including phenoxy) is 4. The van der Waals surface area contributed by atoms with Gasteiger partial charge in [0.05, 0.1) is 12.4 Å². The van der Waals surface area contributed by atoms with Crippen LogP contribution in [0.4, 0.5) is 0 Å². The summed E-state index contributed by atoms with van der Waals surface area (Å²) in [6.07, 6.45) is 2.09. The molecule has 1 saturated heterocycles. The Kier molecular flexibility index (Phi) is 10.9. The van der Waals surface area contributed by atoms with Crippen molar-refractivity contribution in [3.8, 4) is 0 Å². The van der Waals surface area contributed by atoms with Crippen molar-refractivity contribution in [1.29, 1.82) is 0 Å². The number of hydrogen-bond acceptors (Lipinski definition) is 7. The average Bonchev–Trinajstić information content (AvgIpc) is 2.78. The third-order valence-corrected chi connectivity index (χ3v) is 8.23. The smallest absolute Gasteiger partial charge is 0.0981 e. The second kappa shape index (κ2) is 13.4. The van der Waals surface area contributed by atoms with Gasteiger partial charge in [-0.25, -0.2) is 0 Å². The van der Waals surface area contributed by atoms with Crippen LogP contribution in [0, 0.1) is 11.8 Å². The van der Waals surface area contributed by atoms with Crippen LogP contribution in [0.5, 0.6) is 0 Å². The molecule has 2 aliphatic rings. The number of carbonyl (C=O) groups excluding carboxylic acids is 2. The summed E-state index contributed by atoms with van der Waals surface area (Å²) in [5, 5.41) is 3.34. The van der Waals surface area contributed by atoms with Crippen molar-refractivity contribution < 1.29 is 28.5 Å². The molecule has 34 heavy (non-hydrogen) atoms. The second-order valence-corrected chi connectivity index (χ2v) is 10.8. The maximum Gasteiger partial charge on any atom is 0.0981 e. The van der Waals surface area contributed by atoms with Gasteiger partial charge in [-0.15, -0.1) is 0 Å². The minimum atomic E-state index is -0.892. The second-order valence-electron chi connectivity index (χ2n) is 8.37. The van der Waals surface area contributed by atoms with E-state index in [1.807, 2.05) is 36.6 Å². The molecule has 1 aromatic rings. The summed E-state index contributed by atoms with van der Waals surface area (Å²) < 4.78 is 22.9. The van der Waals surface area contributed by atoms with E-state index in [1.165, 1.54) is 13.8 Å². The SMILES string of the molecule is CC(=O)OC1C(C)OC([Se]c2ccccc2)C(N=[N+]=[N-])C1OC(C)=O.CC1C=COC(C)C1C. The number of rotatable bonds is 5. The quantitative estimate of drug-likeness (QED) is 0.186. The van der Waals surface area contributed by atoms with E-state index in [2.05, 4.69) is 36.9 Å². The van der Waals surface area contributed by atoms with E-state index in [0.717, 1.165) is 4.46 Å². The molecule has 0 saturated carbocycles. The fourth-order valence-corrected chi connectivity index (χ4v) is 6.04. The first-order valence-corrected chi connectivity index (χ1v) is 13.1. The van der Waals surface area contributed by atoms with Gasteiger partial charge >= 0.3 is 151 Å². The van der Waals surface area contributed by atoms with Crippen LogP contribution in [0.25, 0.3) is 10.4 Å². The van der Waals surface area contributed by atoms with Crippen molar-refractivity contribution in [3.05, 3.63) is 53.1 Å². The van der Waals surface area contributed by atoms with Gasteiger partial charge in [0.1, 0.15) is 0 Å². The average molecular weight is 539 g/mol. The molecule has 1 aromatic carbocycles. The molecule has 0 bridgehead atoms. The zero-order chi connectivity index (χ0) is 25.3. The van der Waals surface area contributed by atoms with Crippen LogP contribution >= 0.6 is 0 Å². The zero-order valence-corrected chi connectivity index (χ0v) is 22.1. The van der Waals surface area contributed by atoms with E-state index in [-0.39, 0.29) is 15.0 Å². The maximum absolute atomic E-state index is 11.5. The monoisotopic (exact) mass is 539 g/mol. The van der Waals surface area contributed by atoms with Crippen molar-refractivity contribution in [2.75, 3.05) is 0 Å². The summed E-state index contributed by atoms with van der Waals surface area (Å²) in [7, 11) is 0. The summed E-state index contributed by atoms with van der Waals surface area (Å²) in [4.78, 5) is 25.8. The molecule has 186 valence electrons. The largest absolute Gasteiger partial charge is 0.498 e. The van der Waals surface area contributed by atoms with E-state index in [9.17, 15) is 9.59 Å². The van der Waals surface area contributed by atoms with E-state index in [0.29, 0.717) is 17.9 Å². The molecule has 8 unspecified atom stereocenters. The van der Waals surface area contributed by atoms with Crippen molar-refractivity contribution in [2.24, 2.45) is 17.0 Å². The van der Waals surface area contributed by atoms with Crippen LogP contribution in [0.1, 0.15) is 41.5 Å². The predicted octanol–water partition coefficient (Wildman–Crippen LogP) is 3.49. The van der Waals surface area contributed by atoms with Crippen molar-refractivity contribution in [2.45, 2.75) is 77.0 Å². The van der Waals surface area contributed by atoms with Crippen LogP contribution in [-0.2, 0) is 28.5 Å². The molecule has 10 heteroatoms. The van der Waals surface area contributed by atoms with E-state index in [1.54, 1.807) is 6.92 Å². The van der Waals surface area contributed by atoms with E-state index < -0.39 is 41.3 Å². The summed E-state index contributed by atoms with van der Waals surface area (Å²) in [6, 6.07) is 8.87. The summed E-state index contributed by atoms with van der Waals surface area (Å²) in [5.74, 6) is 0.272. The topological polar surface area (TPSA) is 120 Å². The third-order valence-electron chi connectivity index (χ3n) is 5.78. The van der Waals surface area contributed by atoms with Crippen LogP contribution in [0.3, 0.4) is 0 Å². The molecule has 0 N–H and O–H groups in total. The fraction of sp³-hybridized carbons (Fsp3) is 0.583. The number of allylic oxidation sites excluding steroid dienone is 1. The van der Waals surface area contributed by atoms with Crippen LogP contribution < -0.4 is 4.46 Å². The number of azide groups is 1. The molecular formula is C24H33N3O6Se. The number of carbonyl (C=O) groups is 2. The number of esters is 2. The molecule has 1 fully saturated rings. The molecule has 0 radical (unpaired) electrons. The minimum absolute atomic E-state index is 0.187. The first-order valence-electron chi connectivity index (χ1n) is 11.2. The van der Waals surface area contributed by atoms with Gasteiger partial charge in [-0.3, -0.25) is 0 Å². The zero-order valence-electron chi connectivity index (χ0n) is 20.4. The molecule has 0 aliphatic carbocycles.